The normalized spacial score (nSPS) is 15.0. The Morgan fingerprint density at radius 2 is 1.88 bits per heavy atom. The molecule has 0 aromatic carbocycles. The Balaban J connectivity index is 1.22. The second-order valence-corrected chi connectivity index (χ2v) is 7.93. The smallest absolute Gasteiger partial charge is 0.229 e. The van der Waals surface area contributed by atoms with Crippen molar-refractivity contribution in [1.82, 2.24) is 39.4 Å². The van der Waals surface area contributed by atoms with Crippen molar-refractivity contribution in [2.24, 2.45) is 0 Å². The molecule has 6 rings (SSSR count). The van der Waals surface area contributed by atoms with Gasteiger partial charge in [-0.3, -0.25) is 0 Å². The van der Waals surface area contributed by atoms with Crippen LogP contribution in [0.2, 0.25) is 0 Å². The molecule has 0 spiro atoms. The van der Waals surface area contributed by atoms with E-state index in [0.717, 1.165) is 65.6 Å². The number of likely N-dealkylation sites (N-methyl/N-ethyl adjacent to an activating group) is 1. The Morgan fingerprint density at radius 1 is 0.969 bits per heavy atom. The lowest BCUT2D eigenvalue weighted by Gasteiger charge is -2.33. The molecule has 5 aromatic rings. The van der Waals surface area contributed by atoms with Gasteiger partial charge >= 0.3 is 0 Å². The summed E-state index contributed by atoms with van der Waals surface area (Å²) in [5.41, 5.74) is 4.19. The van der Waals surface area contributed by atoms with Crippen molar-refractivity contribution in [2.75, 3.05) is 43.4 Å². The van der Waals surface area contributed by atoms with E-state index in [9.17, 15) is 0 Å². The molecule has 160 valence electrons. The fourth-order valence-electron chi connectivity index (χ4n) is 3.95. The SMILES string of the molecule is CN1CCN(c2ccc(Nc3ncc4c(-c5ccn6nccc6n5)c[nH]c4n3)cn2)CC1. The second kappa shape index (κ2) is 7.57. The van der Waals surface area contributed by atoms with E-state index in [1.54, 1.807) is 10.7 Å². The van der Waals surface area contributed by atoms with Gasteiger partial charge < -0.3 is 20.1 Å². The number of piperazine rings is 1. The zero-order valence-electron chi connectivity index (χ0n) is 17.6. The summed E-state index contributed by atoms with van der Waals surface area (Å²) in [7, 11) is 2.15. The standard InChI is InChI=1S/C22H22N10/c1-30-8-10-31(11-9-30)19-3-2-15(12-23-19)27-22-25-14-17-16(13-24-21(17)29-22)18-5-7-32-20(28-18)4-6-26-32/h2-7,12-14H,8-11H2,1H3,(H2,24,25,27,29). The molecule has 1 saturated heterocycles. The van der Waals surface area contributed by atoms with Crippen LogP contribution in [0.4, 0.5) is 17.5 Å². The molecule has 0 aliphatic carbocycles. The van der Waals surface area contributed by atoms with Crippen LogP contribution in [0.3, 0.4) is 0 Å². The lowest BCUT2D eigenvalue weighted by atomic mass is 10.2. The number of aromatic amines is 1. The van der Waals surface area contributed by atoms with E-state index < -0.39 is 0 Å². The summed E-state index contributed by atoms with van der Waals surface area (Å²) >= 11 is 0. The van der Waals surface area contributed by atoms with Crippen molar-refractivity contribution in [2.45, 2.75) is 0 Å². The lowest BCUT2D eigenvalue weighted by molar-refractivity contribution is 0.312. The Kier molecular flexibility index (Phi) is 4.43. The highest BCUT2D eigenvalue weighted by Gasteiger charge is 2.15. The number of fused-ring (bicyclic) bond motifs is 2. The van der Waals surface area contributed by atoms with E-state index in [0.29, 0.717) is 5.95 Å². The highest BCUT2D eigenvalue weighted by molar-refractivity contribution is 5.92. The van der Waals surface area contributed by atoms with Gasteiger partial charge in [-0.15, -0.1) is 0 Å². The van der Waals surface area contributed by atoms with Crippen LogP contribution in [0, 0.1) is 0 Å². The van der Waals surface area contributed by atoms with E-state index in [1.165, 1.54) is 0 Å². The number of pyridine rings is 1. The summed E-state index contributed by atoms with van der Waals surface area (Å²) < 4.78 is 1.74. The fraction of sp³-hybridized carbons (Fsp3) is 0.227. The van der Waals surface area contributed by atoms with Crippen LogP contribution in [0.25, 0.3) is 27.9 Å². The monoisotopic (exact) mass is 426 g/mol. The van der Waals surface area contributed by atoms with Crippen LogP contribution in [0.5, 0.6) is 0 Å². The van der Waals surface area contributed by atoms with Crippen molar-refractivity contribution >= 4 is 34.1 Å². The summed E-state index contributed by atoms with van der Waals surface area (Å²) in [5.74, 6) is 1.51. The predicted molar refractivity (Wildman–Crippen MR) is 123 cm³/mol. The Hall–Kier alpha value is -4.05. The molecule has 1 aliphatic heterocycles. The maximum atomic E-state index is 4.66. The molecule has 0 radical (unpaired) electrons. The van der Waals surface area contributed by atoms with Gasteiger partial charge in [0.2, 0.25) is 5.95 Å². The molecule has 32 heavy (non-hydrogen) atoms. The van der Waals surface area contributed by atoms with Gasteiger partial charge in [-0.05, 0) is 25.2 Å². The first-order valence-electron chi connectivity index (χ1n) is 10.5. The zero-order valence-corrected chi connectivity index (χ0v) is 17.6. The summed E-state index contributed by atoms with van der Waals surface area (Å²) in [5, 5.41) is 8.35. The lowest BCUT2D eigenvalue weighted by Crippen LogP contribution is -2.44. The average Bonchev–Trinajstić information content (AvgIpc) is 3.46. The highest BCUT2D eigenvalue weighted by atomic mass is 15.3. The number of rotatable bonds is 4. The van der Waals surface area contributed by atoms with E-state index >= 15 is 0 Å². The third-order valence-corrected chi connectivity index (χ3v) is 5.80. The summed E-state index contributed by atoms with van der Waals surface area (Å²) in [4.78, 5) is 26.3. The molecule has 0 saturated carbocycles. The van der Waals surface area contributed by atoms with Crippen molar-refractivity contribution < 1.29 is 0 Å². The molecular formula is C22H22N10. The van der Waals surface area contributed by atoms with E-state index in [4.69, 9.17) is 0 Å². The van der Waals surface area contributed by atoms with E-state index in [-0.39, 0.29) is 0 Å². The number of nitrogens with one attached hydrogen (secondary N) is 2. The largest absolute Gasteiger partial charge is 0.354 e. The molecule has 0 unspecified atom stereocenters. The molecular weight excluding hydrogens is 404 g/mol. The molecule has 1 fully saturated rings. The fourth-order valence-corrected chi connectivity index (χ4v) is 3.95. The number of anilines is 3. The van der Waals surface area contributed by atoms with Gasteiger partial charge in [-0.2, -0.15) is 10.1 Å². The van der Waals surface area contributed by atoms with Crippen LogP contribution in [-0.4, -0.2) is 72.7 Å². The molecule has 1 aliphatic rings. The van der Waals surface area contributed by atoms with E-state index in [2.05, 4.69) is 52.2 Å². The third kappa shape index (κ3) is 3.40. The predicted octanol–water partition coefficient (Wildman–Crippen LogP) is 2.56. The van der Waals surface area contributed by atoms with Crippen molar-refractivity contribution in [3.8, 4) is 11.3 Å². The maximum absolute atomic E-state index is 4.66. The van der Waals surface area contributed by atoms with Gasteiger partial charge in [0.1, 0.15) is 11.5 Å². The minimum atomic E-state index is 0.513. The van der Waals surface area contributed by atoms with Gasteiger partial charge in [0.05, 0.1) is 23.8 Å². The number of nitrogens with zero attached hydrogens (tertiary/aromatic N) is 8. The third-order valence-electron chi connectivity index (χ3n) is 5.80. The molecule has 5 aromatic heterocycles. The molecule has 10 nitrogen and oxygen atoms in total. The van der Waals surface area contributed by atoms with Crippen LogP contribution >= 0.6 is 0 Å². The van der Waals surface area contributed by atoms with Gasteiger partial charge in [-0.1, -0.05) is 0 Å². The van der Waals surface area contributed by atoms with E-state index in [1.807, 2.05) is 49.1 Å². The van der Waals surface area contributed by atoms with Crippen LogP contribution in [-0.2, 0) is 0 Å². The maximum Gasteiger partial charge on any atom is 0.229 e. The van der Waals surface area contributed by atoms with Gasteiger partial charge in [-0.25, -0.2) is 19.5 Å². The number of hydrogen-bond acceptors (Lipinski definition) is 8. The highest BCUT2D eigenvalue weighted by Crippen LogP contribution is 2.27. The summed E-state index contributed by atoms with van der Waals surface area (Å²) in [6.07, 6.45) is 9.17. The van der Waals surface area contributed by atoms with Gasteiger partial charge in [0.25, 0.3) is 0 Å². The summed E-state index contributed by atoms with van der Waals surface area (Å²) in [6, 6.07) is 7.86. The molecule has 0 bridgehead atoms. The average molecular weight is 426 g/mol. The first-order chi connectivity index (χ1) is 15.7. The second-order valence-electron chi connectivity index (χ2n) is 7.93. The molecule has 6 heterocycles. The molecule has 2 N–H and O–H groups in total. The molecule has 10 heteroatoms. The van der Waals surface area contributed by atoms with Crippen molar-refractivity contribution in [1.29, 1.82) is 0 Å². The first kappa shape index (κ1) is 18.7. The number of aromatic nitrogens is 7. The topological polar surface area (TPSA) is 103 Å². The zero-order chi connectivity index (χ0) is 21.5. The van der Waals surface area contributed by atoms with Crippen molar-refractivity contribution in [3.63, 3.8) is 0 Å². The Bertz CT molecular complexity index is 1380. The molecule has 0 amide bonds. The quantitative estimate of drug-likeness (QED) is 0.452. The van der Waals surface area contributed by atoms with Gasteiger partial charge in [0.15, 0.2) is 5.65 Å². The first-order valence-corrected chi connectivity index (χ1v) is 10.5. The Morgan fingerprint density at radius 3 is 2.72 bits per heavy atom. The molecule has 0 atom stereocenters. The van der Waals surface area contributed by atoms with Crippen molar-refractivity contribution in [3.05, 3.63) is 55.2 Å². The number of hydrogen-bond donors (Lipinski definition) is 2. The van der Waals surface area contributed by atoms with Gasteiger partial charge in [0, 0.05) is 61.8 Å². The van der Waals surface area contributed by atoms with Crippen LogP contribution in [0.1, 0.15) is 0 Å². The Labute approximate surface area is 184 Å². The number of H-pyrrole nitrogens is 1. The summed E-state index contributed by atoms with van der Waals surface area (Å²) in [6.45, 7) is 4.10. The van der Waals surface area contributed by atoms with Crippen LogP contribution in [0.15, 0.2) is 55.2 Å². The minimum absolute atomic E-state index is 0.513. The van der Waals surface area contributed by atoms with Crippen LogP contribution < -0.4 is 10.2 Å². The minimum Gasteiger partial charge on any atom is -0.354 e.